The highest BCUT2D eigenvalue weighted by Gasteiger charge is 2.33. The number of likely N-dealkylation sites (tertiary alicyclic amines) is 1. The first kappa shape index (κ1) is 13.6. The molecule has 0 bridgehead atoms. The van der Waals surface area contributed by atoms with E-state index in [1.54, 1.807) is 0 Å². The van der Waals surface area contributed by atoms with Crippen LogP contribution in [0.1, 0.15) is 19.3 Å². The average molecular weight is 252 g/mol. The molecular formula is C14H24N2O2. The lowest BCUT2D eigenvalue weighted by molar-refractivity contribution is -0.0360. The number of likely N-dealkylation sites (N-methyl/N-ethyl adjacent to an activating group) is 2. The minimum Gasteiger partial charge on any atom is -0.388 e. The Morgan fingerprint density at radius 1 is 1.28 bits per heavy atom. The third-order valence-electron chi connectivity index (χ3n) is 4.07. The first-order valence-electron chi connectivity index (χ1n) is 6.75. The van der Waals surface area contributed by atoms with Gasteiger partial charge < -0.3 is 20.0 Å². The molecule has 2 aliphatic rings. The smallest absolute Gasteiger partial charge is 0.121 e. The molecule has 0 radical (unpaired) electrons. The van der Waals surface area contributed by atoms with Crippen LogP contribution in [0.4, 0.5) is 0 Å². The number of allylic oxidation sites excluding steroid dienone is 2. The van der Waals surface area contributed by atoms with Crippen LogP contribution >= 0.6 is 0 Å². The number of hydrogen-bond acceptors (Lipinski definition) is 4. The van der Waals surface area contributed by atoms with Crippen molar-refractivity contribution in [2.45, 2.75) is 37.5 Å². The van der Waals surface area contributed by atoms with Crippen molar-refractivity contribution in [1.82, 2.24) is 9.80 Å². The summed E-state index contributed by atoms with van der Waals surface area (Å²) in [6.07, 6.45) is 7.63. The lowest BCUT2D eigenvalue weighted by atomic mass is 9.93. The van der Waals surface area contributed by atoms with Crippen LogP contribution in [-0.4, -0.2) is 65.4 Å². The van der Waals surface area contributed by atoms with E-state index in [0.29, 0.717) is 0 Å². The number of nitrogens with zero attached hydrogens (tertiary/aromatic N) is 2. The van der Waals surface area contributed by atoms with Gasteiger partial charge in [0, 0.05) is 25.3 Å². The van der Waals surface area contributed by atoms with Crippen molar-refractivity contribution >= 4 is 0 Å². The van der Waals surface area contributed by atoms with Crippen LogP contribution < -0.4 is 0 Å². The Balaban J connectivity index is 2.05. The predicted molar refractivity (Wildman–Crippen MR) is 72.1 cm³/mol. The molecule has 4 nitrogen and oxygen atoms in total. The molecule has 2 heterocycles. The molecular weight excluding hydrogens is 228 g/mol. The van der Waals surface area contributed by atoms with Crippen molar-refractivity contribution in [3.8, 4) is 0 Å². The summed E-state index contributed by atoms with van der Waals surface area (Å²) < 4.78 is 0. The molecule has 0 aromatic heterocycles. The number of aliphatic hydroxyl groups excluding tert-OH is 2. The van der Waals surface area contributed by atoms with Gasteiger partial charge in [-0.1, -0.05) is 18.6 Å². The van der Waals surface area contributed by atoms with Gasteiger partial charge in [0.2, 0.25) is 0 Å². The second-order valence-corrected chi connectivity index (χ2v) is 5.38. The van der Waals surface area contributed by atoms with E-state index >= 15 is 0 Å². The standard InChI is InChI=1S/C14H24N2O2/c1-15-9-5-3-7-11(15)13(17)14(18)12-8-4-6-10-16(12)2/h3,5,7,12-14,17-18H,4,6,8-10H2,1-2H3. The Hall–Kier alpha value is -0.840. The van der Waals surface area contributed by atoms with Crippen LogP contribution in [0.5, 0.6) is 0 Å². The highest BCUT2D eigenvalue weighted by atomic mass is 16.3. The largest absolute Gasteiger partial charge is 0.388 e. The van der Waals surface area contributed by atoms with Gasteiger partial charge >= 0.3 is 0 Å². The lowest BCUT2D eigenvalue weighted by Crippen LogP contribution is -2.51. The monoisotopic (exact) mass is 252 g/mol. The Bertz CT molecular complexity index is 341. The van der Waals surface area contributed by atoms with Crippen LogP contribution in [0.15, 0.2) is 23.9 Å². The van der Waals surface area contributed by atoms with Gasteiger partial charge in [-0.3, -0.25) is 0 Å². The van der Waals surface area contributed by atoms with Crippen molar-refractivity contribution in [2.75, 3.05) is 27.2 Å². The summed E-state index contributed by atoms with van der Waals surface area (Å²) in [5, 5.41) is 20.8. The molecule has 0 saturated carbocycles. The van der Waals surface area contributed by atoms with E-state index in [9.17, 15) is 10.2 Å². The fraction of sp³-hybridized carbons (Fsp3) is 0.714. The molecule has 4 heteroatoms. The van der Waals surface area contributed by atoms with Crippen molar-refractivity contribution in [3.05, 3.63) is 23.9 Å². The van der Waals surface area contributed by atoms with Crippen LogP contribution in [0.25, 0.3) is 0 Å². The van der Waals surface area contributed by atoms with Gasteiger partial charge in [-0.05, 0) is 32.5 Å². The summed E-state index contributed by atoms with van der Waals surface area (Å²) in [5.74, 6) is 0. The van der Waals surface area contributed by atoms with E-state index < -0.39 is 12.2 Å². The third kappa shape index (κ3) is 2.76. The van der Waals surface area contributed by atoms with Crippen molar-refractivity contribution in [3.63, 3.8) is 0 Å². The van der Waals surface area contributed by atoms with Gasteiger partial charge in [-0.2, -0.15) is 0 Å². The molecule has 0 spiro atoms. The molecule has 2 aliphatic heterocycles. The average Bonchev–Trinajstić information content (AvgIpc) is 2.38. The van der Waals surface area contributed by atoms with E-state index in [-0.39, 0.29) is 6.04 Å². The van der Waals surface area contributed by atoms with Gasteiger partial charge in [0.25, 0.3) is 0 Å². The molecule has 0 aromatic carbocycles. The van der Waals surface area contributed by atoms with Crippen LogP contribution in [0, 0.1) is 0 Å². The zero-order valence-electron chi connectivity index (χ0n) is 11.3. The Morgan fingerprint density at radius 3 is 2.72 bits per heavy atom. The van der Waals surface area contributed by atoms with E-state index in [0.717, 1.165) is 31.6 Å². The molecule has 3 atom stereocenters. The van der Waals surface area contributed by atoms with Gasteiger partial charge in [0.15, 0.2) is 0 Å². The molecule has 18 heavy (non-hydrogen) atoms. The van der Waals surface area contributed by atoms with Crippen molar-refractivity contribution in [1.29, 1.82) is 0 Å². The molecule has 102 valence electrons. The molecule has 2 N–H and O–H groups in total. The first-order chi connectivity index (χ1) is 8.61. The molecule has 1 fully saturated rings. The first-order valence-corrected chi connectivity index (χ1v) is 6.75. The maximum atomic E-state index is 10.4. The second kappa shape index (κ2) is 5.87. The quantitative estimate of drug-likeness (QED) is 0.771. The van der Waals surface area contributed by atoms with Gasteiger partial charge in [-0.25, -0.2) is 0 Å². The predicted octanol–water partition coefficient (Wildman–Crippen LogP) is 0.578. The molecule has 2 rings (SSSR count). The van der Waals surface area contributed by atoms with Crippen LogP contribution in [0.3, 0.4) is 0 Å². The number of aliphatic hydroxyl groups is 2. The number of piperidine rings is 1. The molecule has 1 saturated heterocycles. The summed E-state index contributed by atoms with van der Waals surface area (Å²) >= 11 is 0. The summed E-state index contributed by atoms with van der Waals surface area (Å²) in [6.45, 7) is 1.79. The van der Waals surface area contributed by atoms with Gasteiger partial charge in [0.05, 0.1) is 0 Å². The van der Waals surface area contributed by atoms with Gasteiger partial charge in [0.1, 0.15) is 12.2 Å². The number of hydrogen-bond donors (Lipinski definition) is 2. The molecule has 0 aliphatic carbocycles. The Labute approximate surface area is 109 Å². The SMILES string of the molecule is CN1CC=CC=C1C(O)C(O)C1CCCCN1C. The third-order valence-corrected chi connectivity index (χ3v) is 4.07. The number of rotatable bonds is 3. The van der Waals surface area contributed by atoms with E-state index in [4.69, 9.17) is 0 Å². The summed E-state index contributed by atoms with van der Waals surface area (Å²) in [5.41, 5.74) is 0.809. The minimum atomic E-state index is -0.800. The van der Waals surface area contributed by atoms with Gasteiger partial charge in [-0.15, -0.1) is 0 Å². The highest BCUT2D eigenvalue weighted by molar-refractivity contribution is 5.21. The summed E-state index contributed by atoms with van der Waals surface area (Å²) in [7, 11) is 3.97. The van der Waals surface area contributed by atoms with E-state index in [2.05, 4.69) is 4.90 Å². The Kier molecular flexibility index (Phi) is 4.43. The summed E-state index contributed by atoms with van der Waals surface area (Å²) in [6, 6.07) is 0.0638. The van der Waals surface area contributed by atoms with E-state index in [1.165, 1.54) is 6.42 Å². The molecule has 0 aromatic rings. The van der Waals surface area contributed by atoms with E-state index in [1.807, 2.05) is 37.2 Å². The zero-order chi connectivity index (χ0) is 13.1. The topological polar surface area (TPSA) is 46.9 Å². The minimum absolute atomic E-state index is 0.0638. The van der Waals surface area contributed by atoms with Crippen LogP contribution in [-0.2, 0) is 0 Å². The molecule has 0 amide bonds. The Morgan fingerprint density at radius 2 is 2.06 bits per heavy atom. The zero-order valence-corrected chi connectivity index (χ0v) is 11.3. The second-order valence-electron chi connectivity index (χ2n) is 5.38. The van der Waals surface area contributed by atoms with Crippen molar-refractivity contribution in [2.24, 2.45) is 0 Å². The fourth-order valence-electron chi connectivity index (χ4n) is 2.86. The normalized spacial score (nSPS) is 29.0. The molecule has 3 unspecified atom stereocenters. The van der Waals surface area contributed by atoms with Crippen molar-refractivity contribution < 1.29 is 10.2 Å². The maximum Gasteiger partial charge on any atom is 0.121 e. The highest BCUT2D eigenvalue weighted by Crippen LogP contribution is 2.23. The summed E-state index contributed by atoms with van der Waals surface area (Å²) in [4.78, 5) is 4.15. The maximum absolute atomic E-state index is 10.4. The lowest BCUT2D eigenvalue weighted by Gasteiger charge is -2.39. The fourth-order valence-corrected chi connectivity index (χ4v) is 2.86. The van der Waals surface area contributed by atoms with Crippen LogP contribution in [0.2, 0.25) is 0 Å².